The predicted octanol–water partition coefficient (Wildman–Crippen LogP) is 3.69. The first-order valence-corrected chi connectivity index (χ1v) is 10.6. The van der Waals surface area contributed by atoms with E-state index in [1.165, 1.54) is 4.57 Å². The summed E-state index contributed by atoms with van der Waals surface area (Å²) in [6.45, 7) is 5.47. The third kappa shape index (κ3) is 4.57. The fourth-order valence-corrected chi connectivity index (χ4v) is 4.17. The highest BCUT2D eigenvalue weighted by Gasteiger charge is 2.27. The third-order valence-corrected chi connectivity index (χ3v) is 5.59. The van der Waals surface area contributed by atoms with Crippen LogP contribution in [0.15, 0.2) is 46.0 Å². The van der Waals surface area contributed by atoms with Gasteiger partial charge in [0.05, 0.1) is 5.39 Å². The number of carbonyl (C=O) groups excluding carboxylic acids is 1. The number of fused-ring (bicyclic) bond motifs is 1. The van der Waals surface area contributed by atoms with E-state index in [0.717, 1.165) is 11.3 Å². The first-order chi connectivity index (χ1) is 14.7. The van der Waals surface area contributed by atoms with Gasteiger partial charge in [0.25, 0.3) is 5.56 Å². The van der Waals surface area contributed by atoms with Crippen molar-refractivity contribution in [2.75, 3.05) is 0 Å². The lowest BCUT2D eigenvalue weighted by Gasteiger charge is -2.30. The van der Waals surface area contributed by atoms with Gasteiger partial charge in [-0.05, 0) is 58.1 Å². The number of aromatic nitrogens is 3. The van der Waals surface area contributed by atoms with Crippen LogP contribution in [-0.2, 0) is 4.74 Å². The highest BCUT2D eigenvalue weighted by molar-refractivity contribution is 5.82. The Morgan fingerprint density at radius 2 is 1.74 bits per heavy atom. The van der Waals surface area contributed by atoms with E-state index in [2.05, 4.69) is 15.3 Å². The number of carbonyl (C=O) groups is 1. The van der Waals surface area contributed by atoms with Crippen LogP contribution in [0, 0.1) is 0 Å². The Labute approximate surface area is 179 Å². The van der Waals surface area contributed by atoms with Crippen molar-refractivity contribution in [2.45, 2.75) is 64.1 Å². The summed E-state index contributed by atoms with van der Waals surface area (Å²) < 4.78 is 6.64. The zero-order valence-electron chi connectivity index (χ0n) is 18.0. The molecule has 1 aliphatic carbocycles. The van der Waals surface area contributed by atoms with Gasteiger partial charge in [0.1, 0.15) is 11.2 Å². The average molecular weight is 425 g/mol. The smallest absolute Gasteiger partial charge is 0.407 e. The normalized spacial score (nSPS) is 19.3. The Morgan fingerprint density at radius 3 is 2.39 bits per heavy atom. The molecule has 0 radical (unpaired) electrons. The lowest BCUT2D eigenvalue weighted by atomic mass is 9.91. The van der Waals surface area contributed by atoms with Gasteiger partial charge in [0, 0.05) is 17.8 Å². The summed E-state index contributed by atoms with van der Waals surface area (Å²) in [6, 6.07) is 11.2. The number of benzene rings is 1. The molecule has 8 heteroatoms. The summed E-state index contributed by atoms with van der Waals surface area (Å²) in [7, 11) is 0. The van der Waals surface area contributed by atoms with Crippen LogP contribution in [0.1, 0.15) is 52.5 Å². The largest absolute Gasteiger partial charge is 0.444 e. The minimum Gasteiger partial charge on any atom is -0.444 e. The lowest BCUT2D eigenvalue weighted by molar-refractivity contribution is 0.0487. The van der Waals surface area contributed by atoms with E-state index in [1.54, 1.807) is 6.07 Å². The molecule has 0 spiro atoms. The van der Waals surface area contributed by atoms with Crippen LogP contribution in [0.3, 0.4) is 0 Å². The highest BCUT2D eigenvalue weighted by atomic mass is 16.6. The topological polar surface area (TPSA) is 109 Å². The van der Waals surface area contributed by atoms with Crippen LogP contribution in [0.5, 0.6) is 0 Å². The van der Waals surface area contributed by atoms with Gasteiger partial charge in [-0.2, -0.15) is 0 Å². The number of nitrogens with one attached hydrogen (secondary N) is 3. The molecule has 1 aliphatic rings. The van der Waals surface area contributed by atoms with Gasteiger partial charge in [0.15, 0.2) is 0 Å². The molecule has 4 rings (SSSR count). The van der Waals surface area contributed by atoms with Gasteiger partial charge in [0.2, 0.25) is 0 Å². The number of alkyl carbamates (subject to hydrolysis) is 1. The summed E-state index contributed by atoms with van der Waals surface area (Å²) in [5.74, 6) is 0. The Morgan fingerprint density at radius 1 is 1.06 bits per heavy atom. The van der Waals surface area contributed by atoms with Crippen molar-refractivity contribution < 1.29 is 9.53 Å². The summed E-state index contributed by atoms with van der Waals surface area (Å²) in [4.78, 5) is 43.8. The number of amides is 1. The van der Waals surface area contributed by atoms with Crippen molar-refractivity contribution in [2.24, 2.45) is 0 Å². The maximum atomic E-state index is 13.1. The first-order valence-electron chi connectivity index (χ1n) is 10.6. The molecule has 8 nitrogen and oxygen atoms in total. The van der Waals surface area contributed by atoms with Gasteiger partial charge in [-0.25, -0.2) is 9.59 Å². The molecule has 0 unspecified atom stereocenters. The second-order valence-electron chi connectivity index (χ2n) is 9.09. The van der Waals surface area contributed by atoms with Crippen molar-refractivity contribution in [1.29, 1.82) is 0 Å². The Kier molecular flexibility index (Phi) is 5.47. The Hall–Kier alpha value is -3.29. The zero-order chi connectivity index (χ0) is 22.2. The third-order valence-electron chi connectivity index (χ3n) is 5.59. The van der Waals surface area contributed by atoms with Crippen LogP contribution in [-0.4, -0.2) is 32.3 Å². The minimum absolute atomic E-state index is 0.0263. The summed E-state index contributed by atoms with van der Waals surface area (Å²) in [5, 5.41) is 3.35. The monoisotopic (exact) mass is 424 g/mol. The van der Waals surface area contributed by atoms with Gasteiger partial charge in [-0.3, -0.25) is 14.3 Å². The van der Waals surface area contributed by atoms with E-state index in [0.29, 0.717) is 36.7 Å². The van der Waals surface area contributed by atoms with Crippen molar-refractivity contribution in [3.8, 4) is 11.3 Å². The number of ether oxygens (including phenoxy) is 1. The first kappa shape index (κ1) is 21.0. The fourth-order valence-electron chi connectivity index (χ4n) is 4.17. The minimum atomic E-state index is -0.549. The molecular weight excluding hydrogens is 396 g/mol. The fraction of sp³-hybridized carbons (Fsp3) is 0.435. The molecule has 1 aromatic carbocycles. The molecule has 1 saturated carbocycles. The SMILES string of the molecule is CC(C)(C)OC(=O)NC1CCC(n2c(=O)[nH]c3[nH]c(-c4ccccc4)cc3c2=O)CC1. The summed E-state index contributed by atoms with van der Waals surface area (Å²) in [6.07, 6.45) is 2.18. The molecule has 1 fully saturated rings. The van der Waals surface area contributed by atoms with Crippen molar-refractivity contribution in [3.63, 3.8) is 0 Å². The van der Waals surface area contributed by atoms with E-state index in [9.17, 15) is 14.4 Å². The number of nitrogens with zero attached hydrogens (tertiary/aromatic N) is 1. The van der Waals surface area contributed by atoms with Crippen LogP contribution >= 0.6 is 0 Å². The maximum absolute atomic E-state index is 13.1. The second-order valence-corrected chi connectivity index (χ2v) is 9.09. The van der Waals surface area contributed by atoms with Crippen LogP contribution < -0.4 is 16.6 Å². The number of hydrogen-bond donors (Lipinski definition) is 3. The van der Waals surface area contributed by atoms with Crippen molar-refractivity contribution in [3.05, 3.63) is 57.2 Å². The van der Waals surface area contributed by atoms with E-state index in [-0.39, 0.29) is 17.6 Å². The lowest BCUT2D eigenvalue weighted by Crippen LogP contribution is -2.44. The van der Waals surface area contributed by atoms with Crippen molar-refractivity contribution >= 4 is 17.1 Å². The molecule has 3 aromatic rings. The molecule has 31 heavy (non-hydrogen) atoms. The molecule has 0 saturated heterocycles. The molecule has 3 N–H and O–H groups in total. The van der Waals surface area contributed by atoms with E-state index < -0.39 is 17.4 Å². The van der Waals surface area contributed by atoms with Gasteiger partial charge >= 0.3 is 11.8 Å². The zero-order valence-corrected chi connectivity index (χ0v) is 18.0. The molecule has 164 valence electrons. The number of aromatic amines is 2. The van der Waals surface area contributed by atoms with Gasteiger partial charge < -0.3 is 15.0 Å². The molecule has 1 amide bonds. The second kappa shape index (κ2) is 8.09. The maximum Gasteiger partial charge on any atom is 0.407 e. The Bertz CT molecular complexity index is 1190. The summed E-state index contributed by atoms with van der Waals surface area (Å²) in [5.41, 5.74) is 0.908. The molecule has 0 atom stereocenters. The number of rotatable bonds is 3. The molecular formula is C23H28N4O4. The molecule has 0 aliphatic heterocycles. The highest BCUT2D eigenvalue weighted by Crippen LogP contribution is 2.27. The standard InChI is InChI=1S/C23H28N4O4/c1-23(2,3)31-22(30)24-15-9-11-16(12-10-15)27-20(28)17-13-18(14-7-5-4-6-8-14)25-19(17)26-21(27)29/h4-8,13,15-16,25H,9-12H2,1-3H3,(H,24,30)(H,26,29). The molecule has 0 bridgehead atoms. The average Bonchev–Trinajstić information content (AvgIpc) is 3.13. The number of hydrogen-bond acceptors (Lipinski definition) is 4. The van der Waals surface area contributed by atoms with Crippen LogP contribution in [0.2, 0.25) is 0 Å². The van der Waals surface area contributed by atoms with E-state index in [4.69, 9.17) is 4.74 Å². The molecule has 2 aromatic heterocycles. The van der Waals surface area contributed by atoms with Crippen LogP contribution in [0.25, 0.3) is 22.3 Å². The quantitative estimate of drug-likeness (QED) is 0.596. The molecule has 2 heterocycles. The van der Waals surface area contributed by atoms with Crippen molar-refractivity contribution in [1.82, 2.24) is 19.9 Å². The van der Waals surface area contributed by atoms with E-state index in [1.807, 2.05) is 51.1 Å². The Balaban J connectivity index is 1.52. The predicted molar refractivity (Wildman–Crippen MR) is 119 cm³/mol. The van der Waals surface area contributed by atoms with Crippen LogP contribution in [0.4, 0.5) is 4.79 Å². The van der Waals surface area contributed by atoms with E-state index >= 15 is 0 Å². The van der Waals surface area contributed by atoms with Gasteiger partial charge in [-0.15, -0.1) is 0 Å². The number of H-pyrrole nitrogens is 2. The summed E-state index contributed by atoms with van der Waals surface area (Å²) >= 11 is 0. The van der Waals surface area contributed by atoms with Gasteiger partial charge in [-0.1, -0.05) is 30.3 Å².